The van der Waals surface area contributed by atoms with E-state index in [1.54, 1.807) is 18.2 Å². The molecule has 0 spiro atoms. The van der Waals surface area contributed by atoms with E-state index in [1.807, 2.05) is 6.07 Å². The number of benzene rings is 2. The SMILES string of the molecule is COCCNS(=O)(=O)c1ccc(NC(=O)C2COc3ccccc3O2)cc1. The summed E-state index contributed by atoms with van der Waals surface area (Å²) >= 11 is 0. The Morgan fingerprint density at radius 3 is 2.56 bits per heavy atom. The molecule has 1 heterocycles. The van der Waals surface area contributed by atoms with Gasteiger partial charge in [-0.1, -0.05) is 12.1 Å². The Morgan fingerprint density at radius 2 is 1.85 bits per heavy atom. The number of ether oxygens (including phenoxy) is 3. The van der Waals surface area contributed by atoms with Crippen LogP contribution in [-0.2, 0) is 19.6 Å². The van der Waals surface area contributed by atoms with Crippen LogP contribution in [0.5, 0.6) is 11.5 Å². The summed E-state index contributed by atoms with van der Waals surface area (Å²) in [6, 6.07) is 13.0. The van der Waals surface area contributed by atoms with Gasteiger partial charge in [0.1, 0.15) is 6.61 Å². The summed E-state index contributed by atoms with van der Waals surface area (Å²) in [4.78, 5) is 12.5. The second-order valence-corrected chi connectivity index (χ2v) is 7.54. The van der Waals surface area contributed by atoms with Gasteiger partial charge in [0.05, 0.1) is 11.5 Å². The second-order valence-electron chi connectivity index (χ2n) is 5.77. The number of carbonyl (C=O) groups is 1. The number of methoxy groups -OCH3 is 1. The number of amides is 1. The molecule has 27 heavy (non-hydrogen) atoms. The Kier molecular flexibility index (Phi) is 5.94. The maximum absolute atomic E-state index is 12.4. The lowest BCUT2D eigenvalue weighted by molar-refractivity contribution is -0.125. The van der Waals surface area contributed by atoms with Crippen molar-refractivity contribution >= 4 is 21.6 Å². The third-order valence-electron chi connectivity index (χ3n) is 3.83. The Bertz CT molecular complexity index is 898. The summed E-state index contributed by atoms with van der Waals surface area (Å²) in [7, 11) is -2.13. The average molecular weight is 392 g/mol. The molecule has 8 nitrogen and oxygen atoms in total. The maximum Gasteiger partial charge on any atom is 0.269 e. The molecular formula is C18H20N2O6S. The van der Waals surface area contributed by atoms with Gasteiger partial charge in [0.15, 0.2) is 11.5 Å². The zero-order chi connectivity index (χ0) is 19.3. The molecule has 1 unspecified atom stereocenters. The molecule has 0 aliphatic carbocycles. The van der Waals surface area contributed by atoms with E-state index in [1.165, 1.54) is 31.4 Å². The van der Waals surface area contributed by atoms with Crippen LogP contribution in [0.1, 0.15) is 0 Å². The summed E-state index contributed by atoms with van der Waals surface area (Å²) in [5.74, 6) is 0.725. The molecule has 0 bridgehead atoms. The number of hydrogen-bond donors (Lipinski definition) is 2. The highest BCUT2D eigenvalue weighted by atomic mass is 32.2. The third-order valence-corrected chi connectivity index (χ3v) is 5.31. The van der Waals surface area contributed by atoms with Gasteiger partial charge in [-0.25, -0.2) is 13.1 Å². The molecule has 0 fully saturated rings. The van der Waals surface area contributed by atoms with Crippen LogP contribution in [0.4, 0.5) is 5.69 Å². The predicted octanol–water partition coefficient (Wildman–Crippen LogP) is 1.39. The number of fused-ring (bicyclic) bond motifs is 1. The zero-order valence-corrected chi connectivity index (χ0v) is 15.5. The zero-order valence-electron chi connectivity index (χ0n) is 14.7. The van der Waals surface area contributed by atoms with Crippen molar-refractivity contribution < 1.29 is 27.4 Å². The van der Waals surface area contributed by atoms with Crippen LogP contribution < -0.4 is 19.5 Å². The molecule has 0 saturated heterocycles. The molecule has 1 atom stereocenters. The van der Waals surface area contributed by atoms with Crippen LogP contribution in [-0.4, -0.2) is 47.3 Å². The Balaban J connectivity index is 1.61. The number of rotatable bonds is 7. The predicted molar refractivity (Wildman–Crippen MR) is 98.5 cm³/mol. The number of carbonyl (C=O) groups excluding carboxylic acids is 1. The van der Waals surface area contributed by atoms with Crippen molar-refractivity contribution in [3.05, 3.63) is 48.5 Å². The van der Waals surface area contributed by atoms with Gasteiger partial charge in [0.2, 0.25) is 16.1 Å². The molecule has 1 aliphatic heterocycles. The monoisotopic (exact) mass is 392 g/mol. The first-order valence-corrected chi connectivity index (χ1v) is 9.76. The van der Waals surface area contributed by atoms with Crippen LogP contribution in [0.3, 0.4) is 0 Å². The molecule has 3 rings (SSSR count). The average Bonchev–Trinajstić information content (AvgIpc) is 2.68. The lowest BCUT2D eigenvalue weighted by Crippen LogP contribution is -2.40. The van der Waals surface area contributed by atoms with Crippen LogP contribution >= 0.6 is 0 Å². The van der Waals surface area contributed by atoms with E-state index in [9.17, 15) is 13.2 Å². The van der Waals surface area contributed by atoms with Crippen molar-refractivity contribution in [3.8, 4) is 11.5 Å². The molecule has 0 aromatic heterocycles. The van der Waals surface area contributed by atoms with Crippen molar-refractivity contribution in [2.24, 2.45) is 0 Å². The molecule has 1 amide bonds. The van der Waals surface area contributed by atoms with E-state index in [-0.39, 0.29) is 30.6 Å². The van der Waals surface area contributed by atoms with Crippen molar-refractivity contribution in [3.63, 3.8) is 0 Å². The Morgan fingerprint density at radius 1 is 1.15 bits per heavy atom. The molecule has 1 aliphatic rings. The van der Waals surface area contributed by atoms with Gasteiger partial charge < -0.3 is 19.5 Å². The van der Waals surface area contributed by atoms with Crippen molar-refractivity contribution in [2.45, 2.75) is 11.0 Å². The smallest absolute Gasteiger partial charge is 0.269 e. The Labute approximate surface area is 157 Å². The minimum atomic E-state index is -3.62. The Hall–Kier alpha value is -2.62. The number of para-hydroxylation sites is 2. The van der Waals surface area contributed by atoms with Crippen LogP contribution in [0, 0.1) is 0 Å². The summed E-state index contributed by atoms with van der Waals surface area (Å²) in [5.41, 5.74) is 0.457. The fraction of sp³-hybridized carbons (Fsp3) is 0.278. The fourth-order valence-corrected chi connectivity index (χ4v) is 3.46. The number of anilines is 1. The van der Waals surface area contributed by atoms with E-state index < -0.39 is 16.1 Å². The quantitative estimate of drug-likeness (QED) is 0.691. The number of nitrogens with one attached hydrogen (secondary N) is 2. The topological polar surface area (TPSA) is 103 Å². The van der Waals surface area contributed by atoms with E-state index in [0.29, 0.717) is 17.2 Å². The highest BCUT2D eigenvalue weighted by Crippen LogP contribution is 2.31. The first kappa shape index (κ1) is 19.2. The molecule has 0 radical (unpaired) electrons. The highest BCUT2D eigenvalue weighted by Gasteiger charge is 2.27. The van der Waals surface area contributed by atoms with Crippen molar-refractivity contribution in [1.29, 1.82) is 0 Å². The molecule has 2 N–H and O–H groups in total. The van der Waals surface area contributed by atoms with Gasteiger partial charge in [0, 0.05) is 19.3 Å². The van der Waals surface area contributed by atoms with Crippen molar-refractivity contribution in [1.82, 2.24) is 4.72 Å². The van der Waals surface area contributed by atoms with Crippen molar-refractivity contribution in [2.75, 3.05) is 32.2 Å². The summed E-state index contributed by atoms with van der Waals surface area (Å²) < 4.78 is 42.6. The van der Waals surface area contributed by atoms with Crippen LogP contribution in [0.25, 0.3) is 0 Å². The maximum atomic E-state index is 12.4. The second kappa shape index (κ2) is 8.38. The van der Waals surface area contributed by atoms with Crippen LogP contribution in [0.2, 0.25) is 0 Å². The number of hydrogen-bond acceptors (Lipinski definition) is 6. The van der Waals surface area contributed by atoms with E-state index >= 15 is 0 Å². The largest absolute Gasteiger partial charge is 0.485 e. The van der Waals surface area contributed by atoms with E-state index in [0.717, 1.165) is 0 Å². The summed E-state index contributed by atoms with van der Waals surface area (Å²) in [6.07, 6.45) is -0.793. The molecule has 0 saturated carbocycles. The highest BCUT2D eigenvalue weighted by molar-refractivity contribution is 7.89. The number of sulfonamides is 1. The minimum absolute atomic E-state index is 0.0960. The molecule has 144 valence electrons. The lowest BCUT2D eigenvalue weighted by Gasteiger charge is -2.25. The normalized spacial score (nSPS) is 16.0. The standard InChI is InChI=1S/C18H20N2O6S/c1-24-11-10-19-27(22,23)14-8-6-13(7-9-14)20-18(21)17-12-25-15-4-2-3-5-16(15)26-17/h2-9,17,19H,10-12H2,1H3,(H,20,21). The molecule has 2 aromatic rings. The van der Waals surface area contributed by atoms with Gasteiger partial charge in [0.25, 0.3) is 5.91 Å². The first-order chi connectivity index (χ1) is 13.0. The molecule has 9 heteroatoms. The van der Waals surface area contributed by atoms with E-state index in [4.69, 9.17) is 14.2 Å². The summed E-state index contributed by atoms with van der Waals surface area (Å²) in [6.45, 7) is 0.552. The van der Waals surface area contributed by atoms with Crippen LogP contribution in [0.15, 0.2) is 53.4 Å². The van der Waals surface area contributed by atoms with Gasteiger partial charge in [-0.05, 0) is 36.4 Å². The van der Waals surface area contributed by atoms with Gasteiger partial charge in [-0.15, -0.1) is 0 Å². The summed E-state index contributed by atoms with van der Waals surface area (Å²) in [5, 5.41) is 2.69. The molecule has 2 aromatic carbocycles. The minimum Gasteiger partial charge on any atom is -0.485 e. The third kappa shape index (κ3) is 4.76. The fourth-order valence-electron chi connectivity index (χ4n) is 2.45. The first-order valence-electron chi connectivity index (χ1n) is 8.27. The van der Waals surface area contributed by atoms with Gasteiger partial charge in [-0.2, -0.15) is 0 Å². The van der Waals surface area contributed by atoms with Gasteiger partial charge in [-0.3, -0.25) is 4.79 Å². The lowest BCUT2D eigenvalue weighted by atomic mass is 10.2. The van der Waals surface area contributed by atoms with Gasteiger partial charge >= 0.3 is 0 Å². The molecular weight excluding hydrogens is 372 g/mol. The van der Waals surface area contributed by atoms with E-state index in [2.05, 4.69) is 10.0 Å².